The van der Waals surface area contributed by atoms with Crippen LogP contribution in [0.15, 0.2) is 65.1 Å². The molecule has 3 heterocycles. The minimum Gasteiger partial charge on any atom is -0.430 e. The Balaban J connectivity index is 0.00000231. The normalized spacial score (nSPS) is 14.5. The van der Waals surface area contributed by atoms with Gasteiger partial charge in [-0.25, -0.2) is 9.97 Å². The number of aromatic nitrogens is 3. The van der Waals surface area contributed by atoms with E-state index in [2.05, 4.69) is 9.80 Å². The molecule has 0 radical (unpaired) electrons. The minimum absolute atomic E-state index is 0. The largest absolute Gasteiger partial charge is 0.430 e. The third-order valence-electron chi connectivity index (χ3n) is 5.41. The number of nitrogens with zero attached hydrogens (tertiary/aromatic N) is 5. The van der Waals surface area contributed by atoms with Crippen molar-refractivity contribution >= 4 is 29.5 Å². The maximum atomic E-state index is 6.19. The van der Waals surface area contributed by atoms with Gasteiger partial charge in [0.05, 0.1) is 0 Å². The number of nitrogens with two attached hydrogens (primary N) is 1. The van der Waals surface area contributed by atoms with Crippen molar-refractivity contribution in [3.8, 4) is 22.8 Å². The Kier molecular flexibility index (Phi) is 6.46. The Morgan fingerprint density at radius 2 is 1.45 bits per heavy atom. The number of fused-ring (bicyclic) bond motifs is 1. The first-order valence-corrected chi connectivity index (χ1v) is 10.3. The number of halogens is 1. The molecule has 1 fully saturated rings. The molecule has 2 aromatic heterocycles. The van der Waals surface area contributed by atoms with Gasteiger partial charge in [0.25, 0.3) is 0 Å². The quantitative estimate of drug-likeness (QED) is 0.512. The third kappa shape index (κ3) is 4.39. The van der Waals surface area contributed by atoms with Crippen LogP contribution in [0.5, 0.6) is 0 Å². The van der Waals surface area contributed by atoms with Crippen LogP contribution in [0.3, 0.4) is 0 Å². The molecule has 1 aliphatic heterocycles. The molecule has 31 heavy (non-hydrogen) atoms. The standard InChI is InChI=1S/C23H24N6O.ClH/c24-11-12-28-13-15-29(16-14-28)22-19-21(25-20(26-22)17-7-3-1-4-8-17)27-23(30-19)18-9-5-2-6-10-18;/h1-10H,11-16,24H2;1H. The molecule has 1 saturated heterocycles. The average Bonchev–Trinajstić information content (AvgIpc) is 3.25. The SMILES string of the molecule is Cl.NCCN1CCN(c2nc(-c3ccccc3)nc3nc(-c4ccccc4)oc23)CC1. The number of benzene rings is 2. The summed E-state index contributed by atoms with van der Waals surface area (Å²) in [6.45, 7) is 5.22. The second-order valence-electron chi connectivity index (χ2n) is 7.39. The van der Waals surface area contributed by atoms with Crippen molar-refractivity contribution in [3.63, 3.8) is 0 Å². The van der Waals surface area contributed by atoms with E-state index < -0.39 is 0 Å². The molecule has 7 nitrogen and oxygen atoms in total. The van der Waals surface area contributed by atoms with E-state index in [4.69, 9.17) is 25.1 Å². The van der Waals surface area contributed by atoms with E-state index in [-0.39, 0.29) is 12.4 Å². The molecule has 0 unspecified atom stereocenters. The van der Waals surface area contributed by atoms with Crippen LogP contribution in [-0.2, 0) is 0 Å². The van der Waals surface area contributed by atoms with Crippen LogP contribution in [-0.4, -0.2) is 59.1 Å². The molecule has 1 aliphatic rings. The number of hydrogen-bond acceptors (Lipinski definition) is 7. The maximum Gasteiger partial charge on any atom is 0.229 e. The zero-order chi connectivity index (χ0) is 20.3. The summed E-state index contributed by atoms with van der Waals surface area (Å²) in [5, 5.41) is 0. The van der Waals surface area contributed by atoms with E-state index in [1.807, 2.05) is 60.7 Å². The summed E-state index contributed by atoms with van der Waals surface area (Å²) in [6.07, 6.45) is 0. The number of hydrogen-bond donors (Lipinski definition) is 1. The Morgan fingerprint density at radius 1 is 0.806 bits per heavy atom. The number of anilines is 1. The Hall–Kier alpha value is -3.00. The molecule has 4 aromatic rings. The molecule has 0 spiro atoms. The van der Waals surface area contributed by atoms with Crippen molar-refractivity contribution in [1.29, 1.82) is 0 Å². The van der Waals surface area contributed by atoms with Gasteiger partial charge in [-0.05, 0) is 12.1 Å². The van der Waals surface area contributed by atoms with E-state index in [1.54, 1.807) is 0 Å². The van der Waals surface area contributed by atoms with Crippen LogP contribution in [0.1, 0.15) is 0 Å². The molecule has 0 amide bonds. The lowest BCUT2D eigenvalue weighted by atomic mass is 10.2. The van der Waals surface area contributed by atoms with Gasteiger partial charge in [-0.2, -0.15) is 4.98 Å². The van der Waals surface area contributed by atoms with E-state index in [0.717, 1.165) is 49.7 Å². The Labute approximate surface area is 187 Å². The first-order valence-electron chi connectivity index (χ1n) is 10.3. The van der Waals surface area contributed by atoms with Crippen molar-refractivity contribution in [1.82, 2.24) is 19.9 Å². The molecular formula is C23H25ClN6O. The van der Waals surface area contributed by atoms with Gasteiger partial charge in [0.1, 0.15) is 0 Å². The van der Waals surface area contributed by atoms with E-state index in [0.29, 0.717) is 29.5 Å². The van der Waals surface area contributed by atoms with Gasteiger partial charge in [0.2, 0.25) is 17.1 Å². The highest BCUT2D eigenvalue weighted by molar-refractivity contribution is 5.86. The van der Waals surface area contributed by atoms with Crippen molar-refractivity contribution in [2.24, 2.45) is 5.73 Å². The fourth-order valence-electron chi connectivity index (χ4n) is 3.81. The molecular weight excluding hydrogens is 412 g/mol. The lowest BCUT2D eigenvalue weighted by Gasteiger charge is -2.35. The highest BCUT2D eigenvalue weighted by Crippen LogP contribution is 2.32. The van der Waals surface area contributed by atoms with Crippen LogP contribution >= 0.6 is 12.4 Å². The van der Waals surface area contributed by atoms with Crippen molar-refractivity contribution in [2.75, 3.05) is 44.2 Å². The van der Waals surface area contributed by atoms with Crippen molar-refractivity contribution in [2.45, 2.75) is 0 Å². The first kappa shape index (κ1) is 21.2. The maximum absolute atomic E-state index is 6.19. The average molecular weight is 437 g/mol. The second kappa shape index (κ2) is 9.43. The van der Waals surface area contributed by atoms with Crippen LogP contribution < -0.4 is 10.6 Å². The summed E-state index contributed by atoms with van der Waals surface area (Å²) in [6, 6.07) is 19.9. The summed E-state index contributed by atoms with van der Waals surface area (Å²) < 4.78 is 6.19. The monoisotopic (exact) mass is 436 g/mol. The molecule has 0 saturated carbocycles. The molecule has 160 valence electrons. The lowest BCUT2D eigenvalue weighted by molar-refractivity contribution is 0.264. The second-order valence-corrected chi connectivity index (χ2v) is 7.39. The first-order chi connectivity index (χ1) is 14.8. The molecule has 0 atom stereocenters. The summed E-state index contributed by atoms with van der Waals surface area (Å²) >= 11 is 0. The van der Waals surface area contributed by atoms with Gasteiger partial charge in [-0.3, -0.25) is 4.90 Å². The molecule has 5 rings (SSSR count). The van der Waals surface area contributed by atoms with E-state index >= 15 is 0 Å². The smallest absolute Gasteiger partial charge is 0.229 e. The summed E-state index contributed by atoms with van der Waals surface area (Å²) in [4.78, 5) is 19.0. The fraction of sp³-hybridized carbons (Fsp3) is 0.261. The molecule has 2 aromatic carbocycles. The van der Waals surface area contributed by atoms with Gasteiger partial charge >= 0.3 is 0 Å². The molecule has 0 bridgehead atoms. The summed E-state index contributed by atoms with van der Waals surface area (Å²) in [5.74, 6) is 2.03. The van der Waals surface area contributed by atoms with Gasteiger partial charge < -0.3 is 15.1 Å². The Morgan fingerprint density at radius 3 is 2.10 bits per heavy atom. The predicted molar refractivity (Wildman–Crippen MR) is 125 cm³/mol. The lowest BCUT2D eigenvalue weighted by Crippen LogP contribution is -2.48. The minimum atomic E-state index is 0. The zero-order valence-electron chi connectivity index (χ0n) is 17.1. The Bertz CT molecular complexity index is 1130. The number of piperazine rings is 1. The van der Waals surface area contributed by atoms with Crippen molar-refractivity contribution in [3.05, 3.63) is 60.7 Å². The molecule has 0 aliphatic carbocycles. The van der Waals surface area contributed by atoms with Gasteiger partial charge in [0, 0.05) is 50.4 Å². The molecule has 8 heteroatoms. The highest BCUT2D eigenvalue weighted by atomic mass is 35.5. The van der Waals surface area contributed by atoms with Gasteiger partial charge in [-0.1, -0.05) is 48.5 Å². The zero-order valence-corrected chi connectivity index (χ0v) is 18.0. The van der Waals surface area contributed by atoms with E-state index in [9.17, 15) is 0 Å². The van der Waals surface area contributed by atoms with Crippen LogP contribution in [0.2, 0.25) is 0 Å². The van der Waals surface area contributed by atoms with Gasteiger partial charge in [0.15, 0.2) is 11.6 Å². The van der Waals surface area contributed by atoms with E-state index in [1.165, 1.54) is 0 Å². The van der Waals surface area contributed by atoms with Crippen molar-refractivity contribution < 1.29 is 4.42 Å². The van der Waals surface area contributed by atoms with Gasteiger partial charge in [-0.15, -0.1) is 12.4 Å². The third-order valence-corrected chi connectivity index (χ3v) is 5.41. The van der Waals surface area contributed by atoms with Crippen LogP contribution in [0.4, 0.5) is 5.82 Å². The number of oxazole rings is 1. The summed E-state index contributed by atoms with van der Waals surface area (Å²) in [7, 11) is 0. The highest BCUT2D eigenvalue weighted by Gasteiger charge is 2.24. The predicted octanol–water partition coefficient (Wildman–Crippen LogP) is 3.45. The number of rotatable bonds is 5. The summed E-state index contributed by atoms with van der Waals surface area (Å²) in [5.41, 5.74) is 8.84. The molecule has 2 N–H and O–H groups in total. The fourth-order valence-corrected chi connectivity index (χ4v) is 3.81. The topological polar surface area (TPSA) is 84.3 Å². The van der Waals surface area contributed by atoms with Crippen LogP contribution in [0.25, 0.3) is 34.1 Å². The van der Waals surface area contributed by atoms with Crippen LogP contribution in [0, 0.1) is 0 Å².